The van der Waals surface area contributed by atoms with Crippen LogP contribution >= 0.6 is 0 Å². The monoisotopic (exact) mass is 286 g/mol. The van der Waals surface area contributed by atoms with E-state index in [1.807, 2.05) is 19.1 Å². The summed E-state index contributed by atoms with van der Waals surface area (Å²) in [6.45, 7) is 3.95. The fourth-order valence-corrected chi connectivity index (χ4v) is 2.58. The number of hydrogen-bond donors (Lipinski definition) is 2. The second kappa shape index (κ2) is 6.18. The molecular weight excluding hydrogens is 267 g/mol. The third-order valence-electron chi connectivity index (χ3n) is 3.59. The molecule has 5 heteroatoms. The maximum atomic E-state index is 13.3. The average Bonchev–Trinajstić information content (AvgIpc) is 2.48. The van der Waals surface area contributed by atoms with Crippen molar-refractivity contribution in [2.75, 3.05) is 18.4 Å². The third kappa shape index (κ3) is 3.55. The highest BCUT2D eigenvalue weighted by Crippen LogP contribution is 2.19. The molecule has 2 aromatic rings. The van der Waals surface area contributed by atoms with Crippen LogP contribution < -0.4 is 10.6 Å². The molecule has 0 bridgehead atoms. The topological polar surface area (TPSA) is 49.8 Å². The van der Waals surface area contributed by atoms with Gasteiger partial charge in [-0.15, -0.1) is 0 Å². The van der Waals surface area contributed by atoms with Crippen LogP contribution in [0.4, 0.5) is 10.2 Å². The highest BCUT2D eigenvalue weighted by Gasteiger charge is 2.14. The van der Waals surface area contributed by atoms with E-state index in [1.54, 1.807) is 6.07 Å². The molecule has 3 rings (SSSR count). The van der Waals surface area contributed by atoms with E-state index in [0.717, 1.165) is 31.0 Å². The molecule has 1 aromatic carbocycles. The molecule has 2 N–H and O–H groups in total. The van der Waals surface area contributed by atoms with Gasteiger partial charge < -0.3 is 10.6 Å². The van der Waals surface area contributed by atoms with Crippen LogP contribution in [0.2, 0.25) is 0 Å². The Balaban J connectivity index is 1.85. The molecule has 1 aromatic heterocycles. The van der Waals surface area contributed by atoms with Crippen LogP contribution in [0.5, 0.6) is 0 Å². The van der Waals surface area contributed by atoms with Gasteiger partial charge in [-0.3, -0.25) is 0 Å². The van der Waals surface area contributed by atoms with Gasteiger partial charge in [-0.25, -0.2) is 14.4 Å². The minimum absolute atomic E-state index is 0.274. The predicted octanol–water partition coefficient (Wildman–Crippen LogP) is 2.76. The Kier molecular flexibility index (Phi) is 4.10. The number of benzene rings is 1. The summed E-state index contributed by atoms with van der Waals surface area (Å²) in [7, 11) is 0. The normalized spacial score (nSPS) is 18.5. The van der Waals surface area contributed by atoms with E-state index in [0.29, 0.717) is 17.4 Å². The Morgan fingerprint density at radius 2 is 2.19 bits per heavy atom. The summed E-state index contributed by atoms with van der Waals surface area (Å²) in [5.74, 6) is 1.08. The summed E-state index contributed by atoms with van der Waals surface area (Å²) in [6.07, 6.45) is 2.30. The number of hydrogen-bond acceptors (Lipinski definition) is 4. The fraction of sp³-hybridized carbons (Fsp3) is 0.375. The Labute approximate surface area is 123 Å². The Hall–Kier alpha value is -2.01. The van der Waals surface area contributed by atoms with Crippen molar-refractivity contribution in [3.8, 4) is 11.4 Å². The lowest BCUT2D eigenvalue weighted by Crippen LogP contribution is -2.38. The first-order chi connectivity index (χ1) is 10.2. The number of aryl methyl sites for hydroxylation is 1. The molecule has 0 amide bonds. The van der Waals surface area contributed by atoms with Crippen molar-refractivity contribution >= 4 is 5.82 Å². The number of piperidine rings is 1. The summed E-state index contributed by atoms with van der Waals surface area (Å²) in [4.78, 5) is 8.93. The van der Waals surface area contributed by atoms with Crippen molar-refractivity contribution in [1.82, 2.24) is 15.3 Å². The van der Waals surface area contributed by atoms with Crippen molar-refractivity contribution in [1.29, 1.82) is 0 Å². The van der Waals surface area contributed by atoms with E-state index in [4.69, 9.17) is 0 Å². The highest BCUT2D eigenvalue weighted by molar-refractivity contribution is 5.57. The van der Waals surface area contributed by atoms with Crippen LogP contribution in [0.3, 0.4) is 0 Å². The lowest BCUT2D eigenvalue weighted by Gasteiger charge is -2.24. The first-order valence-electron chi connectivity index (χ1n) is 7.29. The molecule has 4 nitrogen and oxygen atoms in total. The zero-order valence-corrected chi connectivity index (χ0v) is 12.1. The van der Waals surface area contributed by atoms with Gasteiger partial charge in [0.25, 0.3) is 0 Å². The molecule has 2 heterocycles. The lowest BCUT2D eigenvalue weighted by atomic mass is 10.1. The van der Waals surface area contributed by atoms with Crippen LogP contribution in [0.25, 0.3) is 11.4 Å². The zero-order valence-electron chi connectivity index (χ0n) is 12.1. The number of nitrogens with one attached hydrogen (secondary N) is 2. The van der Waals surface area contributed by atoms with Gasteiger partial charge in [0.2, 0.25) is 0 Å². The Bertz CT molecular complexity index is 623. The molecule has 1 aliphatic rings. The van der Waals surface area contributed by atoms with Gasteiger partial charge in [0.1, 0.15) is 11.6 Å². The summed E-state index contributed by atoms with van der Waals surface area (Å²) >= 11 is 0. The molecule has 1 aliphatic heterocycles. The molecule has 0 spiro atoms. The van der Waals surface area contributed by atoms with Gasteiger partial charge in [-0.2, -0.15) is 0 Å². The van der Waals surface area contributed by atoms with Gasteiger partial charge in [0.05, 0.1) is 0 Å². The van der Waals surface area contributed by atoms with Gasteiger partial charge in [0.15, 0.2) is 5.82 Å². The van der Waals surface area contributed by atoms with Crippen molar-refractivity contribution in [2.24, 2.45) is 0 Å². The van der Waals surface area contributed by atoms with Crippen LogP contribution in [-0.4, -0.2) is 29.1 Å². The van der Waals surface area contributed by atoms with E-state index in [-0.39, 0.29) is 5.82 Å². The molecule has 21 heavy (non-hydrogen) atoms. The smallest absolute Gasteiger partial charge is 0.161 e. The maximum Gasteiger partial charge on any atom is 0.161 e. The van der Waals surface area contributed by atoms with Gasteiger partial charge in [-0.05, 0) is 38.4 Å². The van der Waals surface area contributed by atoms with Crippen molar-refractivity contribution in [2.45, 2.75) is 25.8 Å². The maximum absolute atomic E-state index is 13.3. The molecule has 110 valence electrons. The summed E-state index contributed by atoms with van der Waals surface area (Å²) in [5.41, 5.74) is 1.57. The minimum Gasteiger partial charge on any atom is -0.366 e. The lowest BCUT2D eigenvalue weighted by molar-refractivity contribution is 0.479. The van der Waals surface area contributed by atoms with Crippen LogP contribution in [0, 0.1) is 12.7 Å². The molecule has 0 radical (unpaired) electrons. The number of anilines is 1. The van der Waals surface area contributed by atoms with E-state index in [9.17, 15) is 4.39 Å². The minimum atomic E-state index is -0.274. The fourth-order valence-electron chi connectivity index (χ4n) is 2.58. The first-order valence-corrected chi connectivity index (χ1v) is 7.29. The zero-order chi connectivity index (χ0) is 14.7. The van der Waals surface area contributed by atoms with Crippen molar-refractivity contribution in [3.63, 3.8) is 0 Å². The largest absolute Gasteiger partial charge is 0.366 e. The summed E-state index contributed by atoms with van der Waals surface area (Å²) in [5, 5.41) is 6.81. The summed E-state index contributed by atoms with van der Waals surface area (Å²) in [6, 6.07) is 8.69. The number of nitrogens with zero attached hydrogens (tertiary/aromatic N) is 2. The first kappa shape index (κ1) is 13.9. The van der Waals surface area contributed by atoms with Crippen LogP contribution in [-0.2, 0) is 0 Å². The molecule has 0 saturated carbocycles. The van der Waals surface area contributed by atoms with Gasteiger partial charge >= 0.3 is 0 Å². The van der Waals surface area contributed by atoms with E-state index in [1.165, 1.54) is 18.6 Å². The number of halogens is 1. The molecule has 1 unspecified atom stereocenters. The highest BCUT2D eigenvalue weighted by atomic mass is 19.1. The number of aromatic nitrogens is 2. The quantitative estimate of drug-likeness (QED) is 0.911. The Morgan fingerprint density at radius 1 is 1.29 bits per heavy atom. The second-order valence-electron chi connectivity index (χ2n) is 5.42. The Morgan fingerprint density at radius 3 is 2.95 bits per heavy atom. The summed E-state index contributed by atoms with van der Waals surface area (Å²) < 4.78 is 13.3. The molecule has 1 atom stereocenters. The average molecular weight is 286 g/mol. The molecule has 1 fully saturated rings. The van der Waals surface area contributed by atoms with E-state index < -0.39 is 0 Å². The van der Waals surface area contributed by atoms with E-state index >= 15 is 0 Å². The van der Waals surface area contributed by atoms with E-state index in [2.05, 4.69) is 20.6 Å². The second-order valence-corrected chi connectivity index (χ2v) is 5.42. The molecule has 1 saturated heterocycles. The standard InChI is InChI=1S/C16H19FN4/c1-11-8-15(20-14-6-3-7-18-10-14)21-16(19-11)12-4-2-5-13(17)9-12/h2,4-5,8-9,14,18H,3,6-7,10H2,1H3,(H,19,20,21). The van der Waals surface area contributed by atoms with Crippen molar-refractivity contribution < 1.29 is 4.39 Å². The molecular formula is C16H19FN4. The SMILES string of the molecule is Cc1cc(NC2CCCNC2)nc(-c2cccc(F)c2)n1. The van der Waals surface area contributed by atoms with Gasteiger partial charge in [-0.1, -0.05) is 12.1 Å². The predicted molar refractivity (Wildman–Crippen MR) is 81.7 cm³/mol. The third-order valence-corrected chi connectivity index (χ3v) is 3.59. The van der Waals surface area contributed by atoms with Gasteiger partial charge in [0, 0.05) is 29.9 Å². The van der Waals surface area contributed by atoms with Crippen LogP contribution in [0.15, 0.2) is 30.3 Å². The number of rotatable bonds is 3. The van der Waals surface area contributed by atoms with Crippen LogP contribution in [0.1, 0.15) is 18.5 Å². The van der Waals surface area contributed by atoms with Crippen molar-refractivity contribution in [3.05, 3.63) is 41.8 Å². The molecule has 0 aliphatic carbocycles.